The zero-order valence-corrected chi connectivity index (χ0v) is 18.5. The van der Waals surface area contributed by atoms with E-state index in [9.17, 15) is 13.2 Å². The minimum atomic E-state index is -3.64. The summed E-state index contributed by atoms with van der Waals surface area (Å²) in [5.41, 5.74) is 5.66. The molecule has 2 aromatic carbocycles. The summed E-state index contributed by atoms with van der Waals surface area (Å²) in [4.78, 5) is 12.9. The molecule has 0 heterocycles. The second kappa shape index (κ2) is 8.35. The molecule has 6 heteroatoms. The predicted octanol–water partition coefficient (Wildman–Crippen LogP) is 3.95. The van der Waals surface area contributed by atoms with Crippen molar-refractivity contribution in [3.05, 3.63) is 64.2 Å². The fourth-order valence-corrected chi connectivity index (χ4v) is 4.77. The molecule has 0 fully saturated rings. The van der Waals surface area contributed by atoms with Crippen LogP contribution in [0.25, 0.3) is 0 Å². The summed E-state index contributed by atoms with van der Waals surface area (Å²) >= 11 is 0. The third-order valence-corrected chi connectivity index (χ3v) is 6.04. The molecule has 0 spiro atoms. The molecule has 0 aliphatic rings. The highest BCUT2D eigenvalue weighted by atomic mass is 32.2. The van der Waals surface area contributed by atoms with Crippen LogP contribution in [0.5, 0.6) is 0 Å². The van der Waals surface area contributed by atoms with Gasteiger partial charge < -0.3 is 5.32 Å². The van der Waals surface area contributed by atoms with Crippen LogP contribution in [0.4, 0.5) is 5.69 Å². The summed E-state index contributed by atoms with van der Waals surface area (Å²) in [5.74, 6) is -0.336. The van der Waals surface area contributed by atoms with Gasteiger partial charge in [-0.25, -0.2) is 8.42 Å². The van der Waals surface area contributed by atoms with Gasteiger partial charge in [0.15, 0.2) is 0 Å². The zero-order chi connectivity index (χ0) is 21.2. The Morgan fingerprint density at radius 1 is 0.929 bits per heavy atom. The van der Waals surface area contributed by atoms with Gasteiger partial charge >= 0.3 is 0 Å². The number of amides is 1. The van der Waals surface area contributed by atoms with E-state index in [2.05, 4.69) is 11.4 Å². The van der Waals surface area contributed by atoms with Crippen LogP contribution >= 0.6 is 0 Å². The van der Waals surface area contributed by atoms with Crippen molar-refractivity contribution in [1.82, 2.24) is 5.32 Å². The van der Waals surface area contributed by atoms with Gasteiger partial charge in [0, 0.05) is 0 Å². The highest BCUT2D eigenvalue weighted by molar-refractivity contribution is 7.92. The lowest BCUT2D eigenvalue weighted by molar-refractivity contribution is -0.122. The number of nitrogens with one attached hydrogen (secondary N) is 1. The maximum absolute atomic E-state index is 12.9. The molecule has 0 aliphatic carbocycles. The Morgan fingerprint density at radius 2 is 1.50 bits per heavy atom. The monoisotopic (exact) mass is 402 g/mol. The maximum Gasteiger partial charge on any atom is 0.244 e. The highest BCUT2D eigenvalue weighted by Gasteiger charge is 2.30. The van der Waals surface area contributed by atoms with Crippen molar-refractivity contribution in [1.29, 1.82) is 0 Å². The molecule has 152 valence electrons. The molecule has 28 heavy (non-hydrogen) atoms. The number of carbonyl (C=O) groups is 1. The SMILES string of the molecule is Cc1cc(C)cc(N([C@@H](C)C(=O)N[C@@H](C)c2ccc(C)cc2C)S(C)(=O)=O)c1. The van der Waals surface area contributed by atoms with E-state index in [0.29, 0.717) is 5.69 Å². The Morgan fingerprint density at radius 3 is 2.00 bits per heavy atom. The van der Waals surface area contributed by atoms with Gasteiger partial charge in [0.25, 0.3) is 0 Å². The van der Waals surface area contributed by atoms with Crippen molar-refractivity contribution in [3.63, 3.8) is 0 Å². The molecule has 0 aliphatic heterocycles. The van der Waals surface area contributed by atoms with Gasteiger partial charge in [0.2, 0.25) is 15.9 Å². The minimum Gasteiger partial charge on any atom is -0.348 e. The van der Waals surface area contributed by atoms with Crippen LogP contribution in [-0.2, 0) is 14.8 Å². The Labute approximate surface area is 168 Å². The Bertz CT molecular complexity index is 963. The first-order valence-electron chi connectivity index (χ1n) is 9.35. The van der Waals surface area contributed by atoms with Gasteiger partial charge in [-0.05, 0) is 75.9 Å². The van der Waals surface area contributed by atoms with Gasteiger partial charge in [-0.1, -0.05) is 29.8 Å². The van der Waals surface area contributed by atoms with Crippen LogP contribution in [0.15, 0.2) is 36.4 Å². The molecule has 0 saturated carbocycles. The lowest BCUT2D eigenvalue weighted by Gasteiger charge is -2.30. The van der Waals surface area contributed by atoms with Gasteiger partial charge in [-0.15, -0.1) is 0 Å². The van der Waals surface area contributed by atoms with E-state index < -0.39 is 16.1 Å². The van der Waals surface area contributed by atoms with Crippen molar-refractivity contribution in [2.75, 3.05) is 10.6 Å². The number of carbonyl (C=O) groups excluding carboxylic acids is 1. The number of aryl methyl sites for hydroxylation is 4. The lowest BCUT2D eigenvalue weighted by Crippen LogP contribution is -2.48. The van der Waals surface area contributed by atoms with Crippen molar-refractivity contribution in [2.45, 2.75) is 53.6 Å². The summed E-state index contributed by atoms with van der Waals surface area (Å²) in [7, 11) is -3.64. The van der Waals surface area contributed by atoms with E-state index in [0.717, 1.165) is 34.1 Å². The van der Waals surface area contributed by atoms with E-state index in [4.69, 9.17) is 0 Å². The van der Waals surface area contributed by atoms with Gasteiger partial charge in [0.1, 0.15) is 6.04 Å². The standard InChI is InChI=1S/C22H30N2O3S/c1-14-8-9-21(17(4)11-14)18(5)23-22(25)19(6)24(28(7,26)27)20-12-15(2)10-16(3)13-20/h8-13,18-19H,1-7H3,(H,23,25)/t18-,19-/m0/s1. The summed E-state index contributed by atoms with van der Waals surface area (Å²) in [6, 6.07) is 10.5. The number of nitrogens with zero attached hydrogens (tertiary/aromatic N) is 1. The number of rotatable bonds is 6. The topological polar surface area (TPSA) is 66.5 Å². The fourth-order valence-electron chi connectivity index (χ4n) is 3.61. The van der Waals surface area contributed by atoms with Crippen LogP contribution in [0.2, 0.25) is 0 Å². The molecule has 1 amide bonds. The Balaban J connectivity index is 2.31. The Hall–Kier alpha value is -2.34. The van der Waals surface area contributed by atoms with E-state index >= 15 is 0 Å². The molecule has 0 saturated heterocycles. The lowest BCUT2D eigenvalue weighted by atomic mass is 10.00. The number of hydrogen-bond acceptors (Lipinski definition) is 3. The van der Waals surface area contributed by atoms with Crippen LogP contribution in [0, 0.1) is 27.7 Å². The summed E-state index contributed by atoms with van der Waals surface area (Å²) in [6.07, 6.45) is 1.13. The van der Waals surface area contributed by atoms with Crippen LogP contribution in [-0.4, -0.2) is 26.6 Å². The number of sulfonamides is 1. The quantitative estimate of drug-likeness (QED) is 0.795. The maximum atomic E-state index is 12.9. The van der Waals surface area contributed by atoms with E-state index in [1.54, 1.807) is 19.1 Å². The third kappa shape index (κ3) is 5.13. The molecule has 0 radical (unpaired) electrons. The van der Waals surface area contributed by atoms with Gasteiger partial charge in [-0.2, -0.15) is 0 Å². The highest BCUT2D eigenvalue weighted by Crippen LogP contribution is 2.25. The minimum absolute atomic E-state index is 0.226. The molecule has 1 N–H and O–H groups in total. The molecule has 2 aromatic rings. The molecular formula is C22H30N2O3S. The second-order valence-electron chi connectivity index (χ2n) is 7.67. The molecule has 2 rings (SSSR count). The third-order valence-electron chi connectivity index (χ3n) is 4.80. The summed E-state index contributed by atoms with van der Waals surface area (Å²) in [6.45, 7) is 11.4. The van der Waals surface area contributed by atoms with E-state index in [1.165, 1.54) is 4.31 Å². The first kappa shape index (κ1) is 22.0. The molecule has 0 unspecified atom stereocenters. The van der Waals surface area contributed by atoms with Crippen LogP contribution in [0.3, 0.4) is 0 Å². The molecule has 2 atom stereocenters. The van der Waals surface area contributed by atoms with Crippen LogP contribution in [0.1, 0.15) is 47.7 Å². The van der Waals surface area contributed by atoms with Crippen LogP contribution < -0.4 is 9.62 Å². The number of anilines is 1. The fraction of sp³-hybridized carbons (Fsp3) is 0.409. The normalized spacial score (nSPS) is 13.7. The summed E-state index contributed by atoms with van der Waals surface area (Å²) < 4.78 is 26.2. The van der Waals surface area contributed by atoms with Crippen molar-refractivity contribution in [3.8, 4) is 0 Å². The number of benzene rings is 2. The summed E-state index contributed by atoms with van der Waals surface area (Å²) in [5, 5.41) is 2.96. The van der Waals surface area contributed by atoms with E-state index in [1.807, 2.05) is 52.8 Å². The molecular weight excluding hydrogens is 372 g/mol. The number of hydrogen-bond donors (Lipinski definition) is 1. The molecule has 0 bridgehead atoms. The van der Waals surface area contributed by atoms with E-state index in [-0.39, 0.29) is 11.9 Å². The first-order valence-corrected chi connectivity index (χ1v) is 11.2. The predicted molar refractivity (Wildman–Crippen MR) is 115 cm³/mol. The Kier molecular flexibility index (Phi) is 6.55. The van der Waals surface area contributed by atoms with Gasteiger partial charge in [0.05, 0.1) is 18.0 Å². The second-order valence-corrected chi connectivity index (χ2v) is 9.53. The van der Waals surface area contributed by atoms with Crippen molar-refractivity contribution >= 4 is 21.6 Å². The zero-order valence-electron chi connectivity index (χ0n) is 17.7. The van der Waals surface area contributed by atoms with Crippen molar-refractivity contribution in [2.24, 2.45) is 0 Å². The average Bonchev–Trinajstić information content (AvgIpc) is 2.52. The largest absolute Gasteiger partial charge is 0.348 e. The van der Waals surface area contributed by atoms with Crippen molar-refractivity contribution < 1.29 is 13.2 Å². The first-order chi connectivity index (χ1) is 12.9. The average molecular weight is 403 g/mol. The van der Waals surface area contributed by atoms with Gasteiger partial charge in [-0.3, -0.25) is 9.10 Å². The molecule has 5 nitrogen and oxygen atoms in total. The molecule has 0 aromatic heterocycles. The smallest absolute Gasteiger partial charge is 0.244 e.